The van der Waals surface area contributed by atoms with Gasteiger partial charge < -0.3 is 13.6 Å². The van der Waals surface area contributed by atoms with Crippen molar-refractivity contribution in [3.63, 3.8) is 0 Å². The summed E-state index contributed by atoms with van der Waals surface area (Å²) in [5.74, 6) is 0.729. The maximum absolute atomic E-state index is 12.3. The van der Waals surface area contributed by atoms with Crippen LogP contribution >= 0.6 is 0 Å². The van der Waals surface area contributed by atoms with E-state index in [-0.39, 0.29) is 11.5 Å². The van der Waals surface area contributed by atoms with Crippen LogP contribution in [0.4, 0.5) is 0 Å². The first-order valence-corrected chi connectivity index (χ1v) is 6.13. The van der Waals surface area contributed by atoms with E-state index in [1.165, 1.54) is 12.5 Å². The minimum absolute atomic E-state index is 0.213. The Bertz CT molecular complexity index is 750. The molecule has 4 heteroatoms. The first-order valence-electron chi connectivity index (χ1n) is 6.13. The molecule has 20 heavy (non-hydrogen) atoms. The average molecular weight is 268 g/mol. The number of furan rings is 2. The lowest BCUT2D eigenvalue weighted by molar-refractivity contribution is 0.101. The number of carbonyl (C=O) groups excluding carboxylic acids is 1. The summed E-state index contributed by atoms with van der Waals surface area (Å²) in [5.41, 5.74) is 1.09. The lowest BCUT2D eigenvalue weighted by atomic mass is 10.1. The molecule has 3 rings (SSSR count). The Hall–Kier alpha value is -2.75. The van der Waals surface area contributed by atoms with Gasteiger partial charge in [0.05, 0.1) is 11.8 Å². The second-order valence-electron chi connectivity index (χ2n) is 4.21. The van der Waals surface area contributed by atoms with Crippen molar-refractivity contribution in [1.29, 1.82) is 0 Å². The molecule has 0 fully saturated rings. The van der Waals surface area contributed by atoms with Crippen molar-refractivity contribution in [2.45, 2.75) is 0 Å². The molecule has 3 aromatic rings. The van der Waals surface area contributed by atoms with Crippen LogP contribution in [0, 0.1) is 0 Å². The molecular weight excluding hydrogens is 256 g/mol. The summed E-state index contributed by atoms with van der Waals surface area (Å²) in [6.45, 7) is 4.01. The molecule has 0 aliphatic carbocycles. The van der Waals surface area contributed by atoms with Crippen LogP contribution in [0.1, 0.15) is 16.1 Å². The van der Waals surface area contributed by atoms with E-state index < -0.39 is 0 Å². The number of rotatable bonds is 5. The third kappa shape index (κ3) is 2.12. The predicted octanol–water partition coefficient (Wildman–Crippen LogP) is 3.82. The zero-order valence-corrected chi connectivity index (χ0v) is 10.7. The van der Waals surface area contributed by atoms with E-state index in [9.17, 15) is 4.79 Å². The highest BCUT2D eigenvalue weighted by Crippen LogP contribution is 2.27. The van der Waals surface area contributed by atoms with Gasteiger partial charge in [-0.2, -0.15) is 0 Å². The minimum Gasteiger partial charge on any atom is -0.490 e. The van der Waals surface area contributed by atoms with Crippen LogP contribution in [0.2, 0.25) is 0 Å². The molecule has 0 bridgehead atoms. The molecule has 100 valence electrons. The highest BCUT2D eigenvalue weighted by Gasteiger charge is 2.18. The Morgan fingerprint density at radius 2 is 2.20 bits per heavy atom. The van der Waals surface area contributed by atoms with Gasteiger partial charge in [-0.05, 0) is 30.3 Å². The lowest BCUT2D eigenvalue weighted by Gasteiger charge is -2.02. The normalized spacial score (nSPS) is 10.6. The summed E-state index contributed by atoms with van der Waals surface area (Å²) in [6.07, 6.45) is 4.56. The number of hydrogen-bond acceptors (Lipinski definition) is 4. The topological polar surface area (TPSA) is 52.6 Å². The maximum atomic E-state index is 12.3. The van der Waals surface area contributed by atoms with Crippen LogP contribution in [0.5, 0.6) is 5.75 Å². The van der Waals surface area contributed by atoms with Crippen LogP contribution in [0.15, 0.2) is 64.3 Å². The minimum atomic E-state index is -0.213. The van der Waals surface area contributed by atoms with Crippen molar-refractivity contribution in [1.82, 2.24) is 0 Å². The molecule has 0 atom stereocenters. The molecule has 1 aromatic carbocycles. The van der Waals surface area contributed by atoms with Crippen molar-refractivity contribution in [3.05, 3.63) is 66.8 Å². The molecule has 0 N–H and O–H groups in total. The van der Waals surface area contributed by atoms with Gasteiger partial charge in [0.1, 0.15) is 24.2 Å². The van der Waals surface area contributed by atoms with Crippen LogP contribution in [0.25, 0.3) is 11.0 Å². The van der Waals surface area contributed by atoms with Crippen LogP contribution in [-0.4, -0.2) is 12.4 Å². The fourth-order valence-electron chi connectivity index (χ4n) is 1.97. The van der Waals surface area contributed by atoms with E-state index >= 15 is 0 Å². The van der Waals surface area contributed by atoms with Crippen molar-refractivity contribution in [3.8, 4) is 5.75 Å². The summed E-state index contributed by atoms with van der Waals surface area (Å²) in [6, 6.07) is 8.63. The van der Waals surface area contributed by atoms with Crippen molar-refractivity contribution in [2.75, 3.05) is 6.61 Å². The predicted molar refractivity (Wildman–Crippen MR) is 74.0 cm³/mol. The van der Waals surface area contributed by atoms with Gasteiger partial charge in [-0.1, -0.05) is 12.7 Å². The summed E-state index contributed by atoms with van der Waals surface area (Å²) in [4.78, 5) is 12.3. The molecule has 0 aliphatic rings. The number of fused-ring (bicyclic) bond motifs is 1. The SMILES string of the molecule is C=CCOc1ccc2occ(C(=O)c3ccco3)c2c1. The van der Waals surface area contributed by atoms with Crippen molar-refractivity contribution in [2.24, 2.45) is 0 Å². The molecule has 2 aromatic heterocycles. The highest BCUT2D eigenvalue weighted by molar-refractivity contribution is 6.14. The Morgan fingerprint density at radius 3 is 2.95 bits per heavy atom. The Balaban J connectivity index is 2.02. The average Bonchev–Trinajstić information content (AvgIpc) is 3.13. The van der Waals surface area contributed by atoms with Crippen LogP contribution < -0.4 is 4.74 Å². The quantitative estimate of drug-likeness (QED) is 0.521. The van der Waals surface area contributed by atoms with E-state index in [2.05, 4.69) is 6.58 Å². The standard InChI is InChI=1S/C16H12O4/c1-2-7-18-11-5-6-14-12(9-11)13(10-20-14)16(17)15-4-3-8-19-15/h2-6,8-10H,1,7H2. The van der Waals surface area contributed by atoms with Gasteiger partial charge in [-0.15, -0.1) is 0 Å². The molecule has 0 saturated heterocycles. The zero-order valence-electron chi connectivity index (χ0n) is 10.7. The first kappa shape index (κ1) is 12.3. The van der Waals surface area contributed by atoms with Gasteiger partial charge in [0.2, 0.25) is 5.78 Å². The molecule has 0 spiro atoms. The van der Waals surface area contributed by atoms with E-state index in [0.29, 0.717) is 28.9 Å². The second-order valence-corrected chi connectivity index (χ2v) is 4.21. The number of ketones is 1. The summed E-state index contributed by atoms with van der Waals surface area (Å²) in [5, 5.41) is 0.702. The van der Waals surface area contributed by atoms with E-state index in [1.807, 2.05) is 0 Å². The van der Waals surface area contributed by atoms with Gasteiger partial charge >= 0.3 is 0 Å². The third-order valence-corrected chi connectivity index (χ3v) is 2.90. The fraction of sp³-hybridized carbons (Fsp3) is 0.0625. The molecule has 2 heterocycles. The van der Waals surface area contributed by atoms with Crippen molar-refractivity contribution < 1.29 is 18.4 Å². The first-order chi connectivity index (χ1) is 9.79. The van der Waals surface area contributed by atoms with Gasteiger partial charge in [0.25, 0.3) is 0 Å². The van der Waals surface area contributed by atoms with Gasteiger partial charge in [-0.25, -0.2) is 0 Å². The van der Waals surface area contributed by atoms with E-state index in [0.717, 1.165) is 0 Å². The summed E-state index contributed by atoms with van der Waals surface area (Å²) < 4.78 is 16.0. The summed E-state index contributed by atoms with van der Waals surface area (Å²) >= 11 is 0. The van der Waals surface area contributed by atoms with Crippen molar-refractivity contribution >= 4 is 16.8 Å². The monoisotopic (exact) mass is 268 g/mol. The van der Waals surface area contributed by atoms with E-state index in [1.54, 1.807) is 36.4 Å². The molecule has 0 amide bonds. The van der Waals surface area contributed by atoms with Crippen LogP contribution in [0.3, 0.4) is 0 Å². The molecule has 4 nitrogen and oxygen atoms in total. The summed E-state index contributed by atoms with van der Waals surface area (Å²) in [7, 11) is 0. The van der Waals surface area contributed by atoms with Gasteiger partial charge in [0.15, 0.2) is 5.76 Å². The number of benzene rings is 1. The van der Waals surface area contributed by atoms with Gasteiger partial charge in [0, 0.05) is 5.39 Å². The molecular formula is C16H12O4. The largest absolute Gasteiger partial charge is 0.490 e. The third-order valence-electron chi connectivity index (χ3n) is 2.90. The molecule has 0 radical (unpaired) electrons. The molecule has 0 aliphatic heterocycles. The second kappa shape index (κ2) is 5.09. The Kier molecular flexibility index (Phi) is 3.13. The van der Waals surface area contributed by atoms with Gasteiger partial charge in [-0.3, -0.25) is 4.79 Å². The smallest absolute Gasteiger partial charge is 0.232 e. The number of carbonyl (C=O) groups is 1. The molecule has 0 saturated carbocycles. The zero-order chi connectivity index (χ0) is 13.9. The lowest BCUT2D eigenvalue weighted by Crippen LogP contribution is -1.98. The Labute approximate surface area is 115 Å². The maximum Gasteiger partial charge on any atom is 0.232 e. The highest BCUT2D eigenvalue weighted by atomic mass is 16.5. The Morgan fingerprint density at radius 1 is 1.30 bits per heavy atom. The molecule has 0 unspecified atom stereocenters. The van der Waals surface area contributed by atoms with E-state index in [4.69, 9.17) is 13.6 Å². The number of hydrogen-bond donors (Lipinski definition) is 0. The van der Waals surface area contributed by atoms with Crippen LogP contribution in [-0.2, 0) is 0 Å². The number of ether oxygens (including phenoxy) is 1. The fourth-order valence-corrected chi connectivity index (χ4v) is 1.97.